The van der Waals surface area contributed by atoms with Crippen molar-refractivity contribution >= 4 is 0 Å². The van der Waals surface area contributed by atoms with Gasteiger partial charge in [0.05, 0.1) is 12.2 Å². The lowest BCUT2D eigenvalue weighted by Gasteiger charge is -2.21. The summed E-state index contributed by atoms with van der Waals surface area (Å²) >= 11 is 0. The SMILES string of the molecule is CC(C)(C)c1ccc(Cn2nnc(C#N)c2C(C)(C)C)cc1. The molecule has 0 N–H and O–H groups in total. The summed E-state index contributed by atoms with van der Waals surface area (Å²) in [6.07, 6.45) is 0. The highest BCUT2D eigenvalue weighted by molar-refractivity contribution is 5.32. The van der Waals surface area contributed by atoms with E-state index in [4.69, 9.17) is 0 Å². The molecule has 0 saturated heterocycles. The van der Waals surface area contributed by atoms with Gasteiger partial charge in [-0.25, -0.2) is 4.68 Å². The van der Waals surface area contributed by atoms with Gasteiger partial charge >= 0.3 is 0 Å². The van der Waals surface area contributed by atoms with Crippen LogP contribution >= 0.6 is 0 Å². The third-order valence-electron chi connectivity index (χ3n) is 3.70. The molecule has 1 aromatic heterocycles. The second-order valence-electron chi connectivity index (χ2n) is 7.75. The first-order valence-electron chi connectivity index (χ1n) is 7.56. The average Bonchev–Trinajstić information content (AvgIpc) is 2.81. The summed E-state index contributed by atoms with van der Waals surface area (Å²) in [5.74, 6) is 0. The maximum atomic E-state index is 9.22. The normalized spacial score (nSPS) is 12.2. The van der Waals surface area contributed by atoms with E-state index in [2.05, 4.69) is 82.2 Å². The van der Waals surface area contributed by atoms with Crippen molar-refractivity contribution in [2.45, 2.75) is 58.9 Å². The van der Waals surface area contributed by atoms with Crippen molar-refractivity contribution < 1.29 is 0 Å². The van der Waals surface area contributed by atoms with E-state index in [9.17, 15) is 5.26 Å². The van der Waals surface area contributed by atoms with Gasteiger partial charge in [-0.1, -0.05) is 71.0 Å². The number of rotatable bonds is 2. The molecule has 4 nitrogen and oxygen atoms in total. The van der Waals surface area contributed by atoms with Gasteiger partial charge in [-0.3, -0.25) is 0 Å². The third kappa shape index (κ3) is 3.36. The number of nitriles is 1. The van der Waals surface area contributed by atoms with Crippen molar-refractivity contribution in [2.75, 3.05) is 0 Å². The molecule has 2 rings (SSSR count). The van der Waals surface area contributed by atoms with E-state index in [0.29, 0.717) is 12.2 Å². The van der Waals surface area contributed by atoms with Crippen LogP contribution in [-0.2, 0) is 17.4 Å². The van der Waals surface area contributed by atoms with E-state index in [1.807, 2.05) is 4.68 Å². The zero-order valence-corrected chi connectivity index (χ0v) is 14.3. The molecule has 0 radical (unpaired) electrons. The van der Waals surface area contributed by atoms with Gasteiger partial charge in [0.1, 0.15) is 6.07 Å². The monoisotopic (exact) mass is 296 g/mol. The predicted molar refractivity (Wildman–Crippen MR) is 87.7 cm³/mol. The summed E-state index contributed by atoms with van der Waals surface area (Å²) in [4.78, 5) is 0. The van der Waals surface area contributed by atoms with Crippen LogP contribution in [0.25, 0.3) is 0 Å². The van der Waals surface area contributed by atoms with Gasteiger partial charge in [-0.2, -0.15) is 5.26 Å². The molecule has 0 atom stereocenters. The summed E-state index contributed by atoms with van der Waals surface area (Å²) in [7, 11) is 0. The topological polar surface area (TPSA) is 54.5 Å². The molecular weight excluding hydrogens is 272 g/mol. The van der Waals surface area contributed by atoms with Crippen LogP contribution in [0.3, 0.4) is 0 Å². The fourth-order valence-electron chi connectivity index (χ4n) is 2.52. The first-order valence-corrected chi connectivity index (χ1v) is 7.56. The maximum Gasteiger partial charge on any atom is 0.186 e. The maximum absolute atomic E-state index is 9.22. The van der Waals surface area contributed by atoms with Crippen LogP contribution in [0.1, 0.15) is 64.1 Å². The Morgan fingerprint density at radius 3 is 2.05 bits per heavy atom. The Labute approximate surface area is 132 Å². The zero-order chi connectivity index (χ0) is 16.5. The smallest absolute Gasteiger partial charge is 0.186 e. The highest BCUT2D eigenvalue weighted by Gasteiger charge is 2.25. The molecule has 1 aromatic carbocycles. The molecule has 0 unspecified atom stereocenters. The first kappa shape index (κ1) is 16.2. The molecule has 0 aliphatic heterocycles. The highest BCUT2D eigenvalue weighted by atomic mass is 15.4. The number of benzene rings is 1. The largest absolute Gasteiger partial charge is 0.243 e. The van der Waals surface area contributed by atoms with Crippen LogP contribution in [0.4, 0.5) is 0 Å². The molecule has 0 aliphatic rings. The Bertz CT molecular complexity index is 689. The van der Waals surface area contributed by atoms with Crippen molar-refractivity contribution in [3.63, 3.8) is 0 Å². The summed E-state index contributed by atoms with van der Waals surface area (Å²) < 4.78 is 1.84. The minimum Gasteiger partial charge on any atom is -0.243 e. The third-order valence-corrected chi connectivity index (χ3v) is 3.70. The van der Waals surface area contributed by atoms with Crippen LogP contribution in [0, 0.1) is 11.3 Å². The fourth-order valence-corrected chi connectivity index (χ4v) is 2.52. The standard InChI is InChI=1S/C18H24N4/c1-17(2,3)14-9-7-13(8-10-14)12-22-16(18(4,5)6)15(11-19)20-21-22/h7-10H,12H2,1-6H3. The lowest BCUT2D eigenvalue weighted by atomic mass is 9.86. The fraction of sp³-hybridized carbons (Fsp3) is 0.500. The molecule has 0 aliphatic carbocycles. The molecule has 2 aromatic rings. The molecular formula is C18H24N4. The van der Waals surface area contributed by atoms with E-state index < -0.39 is 0 Å². The van der Waals surface area contributed by atoms with Crippen molar-refractivity contribution in [1.82, 2.24) is 15.0 Å². The molecule has 22 heavy (non-hydrogen) atoms. The summed E-state index contributed by atoms with van der Waals surface area (Å²) in [5.41, 5.74) is 3.75. The van der Waals surface area contributed by atoms with Gasteiger partial charge in [0.2, 0.25) is 0 Å². The molecule has 0 fully saturated rings. The molecule has 0 saturated carbocycles. The highest BCUT2D eigenvalue weighted by Crippen LogP contribution is 2.26. The van der Waals surface area contributed by atoms with Crippen molar-refractivity contribution in [3.05, 3.63) is 46.8 Å². The van der Waals surface area contributed by atoms with Crippen LogP contribution in [0.5, 0.6) is 0 Å². The van der Waals surface area contributed by atoms with Crippen LogP contribution in [0.15, 0.2) is 24.3 Å². The van der Waals surface area contributed by atoms with Gasteiger partial charge in [0.15, 0.2) is 5.69 Å². The average molecular weight is 296 g/mol. The van der Waals surface area contributed by atoms with Crippen LogP contribution in [-0.4, -0.2) is 15.0 Å². The van der Waals surface area contributed by atoms with E-state index >= 15 is 0 Å². The van der Waals surface area contributed by atoms with Crippen molar-refractivity contribution in [1.29, 1.82) is 5.26 Å². The summed E-state index contributed by atoms with van der Waals surface area (Å²) in [5, 5.41) is 17.4. The quantitative estimate of drug-likeness (QED) is 0.847. The minimum absolute atomic E-state index is 0.149. The number of nitrogens with zero attached hydrogens (tertiary/aromatic N) is 4. The second-order valence-corrected chi connectivity index (χ2v) is 7.75. The number of hydrogen-bond acceptors (Lipinski definition) is 3. The van der Waals surface area contributed by atoms with Gasteiger partial charge < -0.3 is 0 Å². The van der Waals surface area contributed by atoms with E-state index in [0.717, 1.165) is 11.3 Å². The molecule has 4 heteroatoms. The molecule has 0 spiro atoms. The Balaban J connectivity index is 2.33. The Hall–Kier alpha value is -2.15. The van der Waals surface area contributed by atoms with Gasteiger partial charge in [0.25, 0.3) is 0 Å². The zero-order valence-electron chi connectivity index (χ0n) is 14.3. The van der Waals surface area contributed by atoms with Crippen LogP contribution in [0.2, 0.25) is 0 Å². The van der Waals surface area contributed by atoms with Gasteiger partial charge in [-0.05, 0) is 16.5 Å². The Morgan fingerprint density at radius 1 is 1.00 bits per heavy atom. The van der Waals surface area contributed by atoms with Gasteiger partial charge in [0, 0.05) is 5.41 Å². The molecule has 1 heterocycles. The Kier molecular flexibility index (Phi) is 4.10. The number of hydrogen-bond donors (Lipinski definition) is 0. The Morgan fingerprint density at radius 2 is 1.59 bits per heavy atom. The molecule has 0 amide bonds. The lowest BCUT2D eigenvalue weighted by Crippen LogP contribution is -2.20. The first-order chi connectivity index (χ1) is 10.1. The summed E-state index contributed by atoms with van der Waals surface area (Å²) in [6, 6.07) is 10.7. The molecule has 116 valence electrons. The van der Waals surface area contributed by atoms with Crippen molar-refractivity contribution in [3.8, 4) is 6.07 Å². The van der Waals surface area contributed by atoms with Gasteiger partial charge in [-0.15, -0.1) is 5.10 Å². The summed E-state index contributed by atoms with van der Waals surface area (Å²) in [6.45, 7) is 13.5. The predicted octanol–water partition coefficient (Wildman–Crippen LogP) is 3.79. The minimum atomic E-state index is -0.167. The molecule has 0 bridgehead atoms. The number of aromatic nitrogens is 3. The van der Waals surface area contributed by atoms with Crippen molar-refractivity contribution in [2.24, 2.45) is 0 Å². The van der Waals surface area contributed by atoms with E-state index in [1.165, 1.54) is 5.56 Å². The van der Waals surface area contributed by atoms with Crippen LogP contribution < -0.4 is 0 Å². The second kappa shape index (κ2) is 5.57. The van der Waals surface area contributed by atoms with E-state index in [-0.39, 0.29) is 10.8 Å². The lowest BCUT2D eigenvalue weighted by molar-refractivity contribution is 0.500. The van der Waals surface area contributed by atoms with E-state index in [1.54, 1.807) is 0 Å².